The van der Waals surface area contributed by atoms with Crippen LogP contribution in [-0.2, 0) is 20.9 Å². The molecule has 1 heterocycles. The Hall–Kier alpha value is -4.53. The number of benzene rings is 3. The molecule has 9 heteroatoms. The van der Waals surface area contributed by atoms with E-state index in [-0.39, 0.29) is 25.1 Å². The molecule has 1 aliphatic heterocycles. The van der Waals surface area contributed by atoms with Crippen molar-refractivity contribution in [3.05, 3.63) is 95.3 Å². The Kier molecular flexibility index (Phi) is 7.62. The van der Waals surface area contributed by atoms with Gasteiger partial charge in [-0.2, -0.15) is 0 Å². The third-order valence-corrected chi connectivity index (χ3v) is 5.88. The van der Waals surface area contributed by atoms with Crippen LogP contribution in [0.25, 0.3) is 0 Å². The Bertz CT molecular complexity index is 1340. The lowest BCUT2D eigenvalue weighted by Crippen LogP contribution is -2.37. The van der Waals surface area contributed by atoms with Crippen LogP contribution in [0.3, 0.4) is 0 Å². The van der Waals surface area contributed by atoms with Crippen molar-refractivity contribution in [2.75, 3.05) is 16.8 Å². The van der Waals surface area contributed by atoms with E-state index in [2.05, 4.69) is 5.32 Å². The van der Waals surface area contributed by atoms with Crippen molar-refractivity contribution in [1.82, 2.24) is 4.90 Å². The molecule has 0 saturated carbocycles. The summed E-state index contributed by atoms with van der Waals surface area (Å²) in [6.45, 7) is 3.78. The van der Waals surface area contributed by atoms with Crippen LogP contribution in [0.1, 0.15) is 34.8 Å². The van der Waals surface area contributed by atoms with E-state index in [0.29, 0.717) is 16.9 Å². The van der Waals surface area contributed by atoms with Gasteiger partial charge in [-0.1, -0.05) is 30.3 Å². The maximum absolute atomic E-state index is 13.4. The van der Waals surface area contributed by atoms with Crippen LogP contribution in [-0.4, -0.2) is 41.4 Å². The first-order valence-corrected chi connectivity index (χ1v) is 11.8. The van der Waals surface area contributed by atoms with Crippen molar-refractivity contribution in [3.63, 3.8) is 0 Å². The summed E-state index contributed by atoms with van der Waals surface area (Å²) < 4.78 is 18.4. The van der Waals surface area contributed by atoms with Crippen LogP contribution < -0.4 is 10.2 Å². The number of ether oxygens (including phenoxy) is 1. The highest BCUT2D eigenvalue weighted by atomic mass is 19.1. The standard InChI is InChI=1S/C28H26FN3O5/c1-3-37-27(35)20-7-5-8-22(15-20)30-25(33)16-24-26(34)32(23-9-4-6-18(2)14-23)28(36)31(24)17-19-10-12-21(29)13-11-19/h4-15,24H,3,16-17H2,1-2H3,(H,30,33)/t24-/m0/s1. The minimum Gasteiger partial charge on any atom is -0.462 e. The van der Waals surface area contributed by atoms with E-state index in [0.717, 1.165) is 10.5 Å². The number of carbonyl (C=O) groups excluding carboxylic acids is 4. The van der Waals surface area contributed by atoms with Crippen LogP contribution in [0, 0.1) is 12.7 Å². The lowest BCUT2D eigenvalue weighted by molar-refractivity contribution is -0.124. The van der Waals surface area contributed by atoms with E-state index in [4.69, 9.17) is 4.74 Å². The summed E-state index contributed by atoms with van der Waals surface area (Å²) >= 11 is 0. The second kappa shape index (κ2) is 11.0. The van der Waals surface area contributed by atoms with Crippen molar-refractivity contribution < 1.29 is 28.3 Å². The van der Waals surface area contributed by atoms with Crippen LogP contribution >= 0.6 is 0 Å². The van der Waals surface area contributed by atoms with E-state index >= 15 is 0 Å². The number of halogens is 1. The average molecular weight is 504 g/mol. The summed E-state index contributed by atoms with van der Waals surface area (Å²) in [6.07, 6.45) is -0.308. The zero-order valence-electron chi connectivity index (χ0n) is 20.4. The number of carbonyl (C=O) groups is 4. The molecule has 0 spiro atoms. The zero-order valence-corrected chi connectivity index (χ0v) is 20.4. The predicted octanol–water partition coefficient (Wildman–Crippen LogP) is 4.68. The maximum atomic E-state index is 13.4. The Morgan fingerprint density at radius 2 is 1.73 bits per heavy atom. The third kappa shape index (κ3) is 5.83. The number of esters is 1. The molecular formula is C28H26FN3O5. The molecule has 1 saturated heterocycles. The fraction of sp³-hybridized carbons (Fsp3) is 0.214. The number of amides is 4. The number of anilines is 2. The molecule has 1 aliphatic rings. The summed E-state index contributed by atoms with van der Waals surface area (Å²) in [7, 11) is 0. The Labute approximate surface area is 213 Å². The first-order valence-electron chi connectivity index (χ1n) is 11.8. The van der Waals surface area contributed by atoms with Crippen LogP contribution in [0.5, 0.6) is 0 Å². The minimum atomic E-state index is -1.08. The predicted molar refractivity (Wildman–Crippen MR) is 135 cm³/mol. The lowest BCUT2D eigenvalue weighted by atomic mass is 10.1. The second-order valence-electron chi connectivity index (χ2n) is 8.62. The smallest absolute Gasteiger partial charge is 0.338 e. The number of hydrogen-bond acceptors (Lipinski definition) is 5. The largest absolute Gasteiger partial charge is 0.462 e. The molecule has 37 heavy (non-hydrogen) atoms. The molecule has 1 fully saturated rings. The molecule has 0 radical (unpaired) electrons. The van der Waals surface area contributed by atoms with Gasteiger partial charge in [0.25, 0.3) is 5.91 Å². The van der Waals surface area contributed by atoms with Gasteiger partial charge in [0.15, 0.2) is 0 Å². The fourth-order valence-corrected chi connectivity index (χ4v) is 4.13. The van der Waals surface area contributed by atoms with Gasteiger partial charge in [-0.15, -0.1) is 0 Å². The van der Waals surface area contributed by atoms with E-state index in [1.165, 1.54) is 35.2 Å². The number of aryl methyl sites for hydroxylation is 1. The molecule has 0 unspecified atom stereocenters. The Morgan fingerprint density at radius 1 is 1.00 bits per heavy atom. The van der Waals surface area contributed by atoms with Crippen molar-refractivity contribution in [1.29, 1.82) is 0 Å². The molecule has 1 atom stereocenters. The molecule has 3 aromatic rings. The molecule has 190 valence electrons. The van der Waals surface area contributed by atoms with Gasteiger partial charge in [-0.25, -0.2) is 18.9 Å². The number of urea groups is 1. The number of nitrogens with zero attached hydrogens (tertiary/aromatic N) is 2. The van der Waals surface area contributed by atoms with Crippen LogP contribution in [0.15, 0.2) is 72.8 Å². The molecule has 3 aromatic carbocycles. The molecule has 0 aliphatic carbocycles. The highest BCUT2D eigenvalue weighted by molar-refractivity contribution is 6.22. The summed E-state index contributed by atoms with van der Waals surface area (Å²) in [6, 6.07) is 17.2. The van der Waals surface area contributed by atoms with Crippen molar-refractivity contribution in [2.45, 2.75) is 32.9 Å². The fourth-order valence-electron chi connectivity index (χ4n) is 4.13. The number of nitrogens with one attached hydrogen (secondary N) is 1. The van der Waals surface area contributed by atoms with Gasteiger partial charge in [0.05, 0.1) is 24.3 Å². The molecule has 1 N–H and O–H groups in total. The van der Waals surface area contributed by atoms with Crippen molar-refractivity contribution >= 4 is 35.2 Å². The molecule has 0 aromatic heterocycles. The van der Waals surface area contributed by atoms with E-state index < -0.39 is 35.7 Å². The highest BCUT2D eigenvalue weighted by Gasteiger charge is 2.46. The second-order valence-corrected chi connectivity index (χ2v) is 8.62. The highest BCUT2D eigenvalue weighted by Crippen LogP contribution is 2.29. The van der Waals surface area contributed by atoms with Crippen molar-refractivity contribution in [3.8, 4) is 0 Å². The van der Waals surface area contributed by atoms with Gasteiger partial charge in [0.2, 0.25) is 5.91 Å². The van der Waals surface area contributed by atoms with E-state index in [1.54, 1.807) is 43.3 Å². The van der Waals surface area contributed by atoms with Gasteiger partial charge in [0, 0.05) is 12.2 Å². The number of imide groups is 1. The van der Waals surface area contributed by atoms with Gasteiger partial charge < -0.3 is 15.0 Å². The van der Waals surface area contributed by atoms with Gasteiger partial charge >= 0.3 is 12.0 Å². The van der Waals surface area contributed by atoms with Gasteiger partial charge in [-0.05, 0) is 67.4 Å². The summed E-state index contributed by atoms with van der Waals surface area (Å²) in [5, 5.41) is 2.69. The lowest BCUT2D eigenvalue weighted by Gasteiger charge is -2.21. The first-order chi connectivity index (χ1) is 17.8. The Balaban J connectivity index is 1.57. The maximum Gasteiger partial charge on any atom is 0.338 e. The molecule has 0 bridgehead atoms. The summed E-state index contributed by atoms with van der Waals surface area (Å²) in [5.41, 5.74) is 2.51. The monoisotopic (exact) mass is 503 g/mol. The topological polar surface area (TPSA) is 96.0 Å². The molecule has 4 amide bonds. The zero-order chi connectivity index (χ0) is 26.5. The normalized spacial score (nSPS) is 15.2. The molecule has 4 rings (SSSR count). The number of rotatable bonds is 8. The number of hydrogen-bond donors (Lipinski definition) is 1. The first kappa shape index (κ1) is 25.6. The minimum absolute atomic E-state index is 0.0173. The molecule has 8 nitrogen and oxygen atoms in total. The molecular weight excluding hydrogens is 477 g/mol. The van der Waals surface area contributed by atoms with E-state index in [9.17, 15) is 23.6 Å². The van der Waals surface area contributed by atoms with Gasteiger partial charge in [0.1, 0.15) is 11.9 Å². The SMILES string of the molecule is CCOC(=O)c1cccc(NC(=O)C[C@H]2C(=O)N(c3cccc(C)c3)C(=O)N2Cc2ccc(F)cc2)c1. The summed E-state index contributed by atoms with van der Waals surface area (Å²) in [4.78, 5) is 54.2. The Morgan fingerprint density at radius 3 is 2.43 bits per heavy atom. The van der Waals surface area contributed by atoms with E-state index in [1.807, 2.05) is 13.0 Å². The quantitative estimate of drug-likeness (QED) is 0.356. The van der Waals surface area contributed by atoms with Crippen LogP contribution in [0.4, 0.5) is 20.6 Å². The average Bonchev–Trinajstić information content (AvgIpc) is 3.09. The summed E-state index contributed by atoms with van der Waals surface area (Å²) in [5.74, 6) is -1.99. The van der Waals surface area contributed by atoms with Gasteiger partial charge in [-0.3, -0.25) is 9.59 Å². The third-order valence-electron chi connectivity index (χ3n) is 5.88. The van der Waals surface area contributed by atoms with Crippen molar-refractivity contribution in [2.24, 2.45) is 0 Å². The van der Waals surface area contributed by atoms with Crippen LogP contribution in [0.2, 0.25) is 0 Å².